The first-order chi connectivity index (χ1) is 8.79. The minimum Gasteiger partial charge on any atom is -0.351 e. The second kappa shape index (κ2) is 6.56. The summed E-state index contributed by atoms with van der Waals surface area (Å²) < 4.78 is 37.4. The fraction of sp³-hybridized carbons (Fsp3) is 0.462. The van der Waals surface area contributed by atoms with Gasteiger partial charge in [-0.3, -0.25) is 4.79 Å². The zero-order valence-electron chi connectivity index (χ0n) is 10.8. The highest BCUT2D eigenvalue weighted by atomic mass is 19.4. The van der Waals surface area contributed by atoms with E-state index in [4.69, 9.17) is 0 Å². The second-order valence-corrected chi connectivity index (χ2v) is 4.51. The molecule has 0 atom stereocenters. The number of nitrogens with one attached hydrogen (secondary N) is 2. The molecule has 0 aliphatic rings. The van der Waals surface area contributed by atoms with Gasteiger partial charge in [-0.1, -0.05) is 26.0 Å². The predicted molar refractivity (Wildman–Crippen MR) is 66.4 cm³/mol. The molecular formula is C13H17F3N2O. The van der Waals surface area contributed by atoms with E-state index in [2.05, 4.69) is 10.6 Å². The summed E-state index contributed by atoms with van der Waals surface area (Å²) in [4.78, 5) is 11.4. The molecule has 0 aliphatic carbocycles. The van der Waals surface area contributed by atoms with Crippen molar-refractivity contribution in [3.8, 4) is 0 Å². The number of amides is 1. The monoisotopic (exact) mass is 274 g/mol. The summed E-state index contributed by atoms with van der Waals surface area (Å²) >= 11 is 0. The molecule has 1 aromatic carbocycles. The molecule has 0 saturated heterocycles. The number of hydrogen-bond acceptors (Lipinski definition) is 2. The van der Waals surface area contributed by atoms with Crippen molar-refractivity contribution in [1.29, 1.82) is 0 Å². The Bertz CT molecular complexity index is 430. The van der Waals surface area contributed by atoms with Crippen LogP contribution in [0, 0.1) is 0 Å². The van der Waals surface area contributed by atoms with Crippen molar-refractivity contribution in [1.82, 2.24) is 10.6 Å². The molecular weight excluding hydrogens is 257 g/mol. The standard InChI is InChI=1S/C13H17F3N2O/c1-9(2)17-8-12(19)18-7-10-4-3-5-11(6-10)13(14,15)16/h3-6,9,17H,7-8H2,1-2H3,(H,18,19). The van der Waals surface area contributed by atoms with E-state index in [1.807, 2.05) is 13.8 Å². The van der Waals surface area contributed by atoms with Gasteiger partial charge in [-0.25, -0.2) is 0 Å². The lowest BCUT2D eigenvalue weighted by atomic mass is 10.1. The van der Waals surface area contributed by atoms with E-state index in [1.54, 1.807) is 6.07 Å². The average Bonchev–Trinajstić information content (AvgIpc) is 2.33. The van der Waals surface area contributed by atoms with Crippen LogP contribution in [0.5, 0.6) is 0 Å². The third-order valence-electron chi connectivity index (χ3n) is 2.41. The van der Waals surface area contributed by atoms with E-state index in [9.17, 15) is 18.0 Å². The Hall–Kier alpha value is -1.56. The van der Waals surface area contributed by atoms with E-state index >= 15 is 0 Å². The number of rotatable bonds is 5. The molecule has 19 heavy (non-hydrogen) atoms. The van der Waals surface area contributed by atoms with Gasteiger partial charge >= 0.3 is 6.18 Å². The van der Waals surface area contributed by atoms with E-state index in [-0.39, 0.29) is 25.0 Å². The van der Waals surface area contributed by atoms with Crippen LogP contribution in [0.3, 0.4) is 0 Å². The molecule has 0 aliphatic heterocycles. The third kappa shape index (κ3) is 5.74. The highest BCUT2D eigenvalue weighted by molar-refractivity contribution is 5.78. The molecule has 1 amide bonds. The SMILES string of the molecule is CC(C)NCC(=O)NCc1cccc(C(F)(F)F)c1. The number of halogens is 3. The first-order valence-corrected chi connectivity index (χ1v) is 5.95. The topological polar surface area (TPSA) is 41.1 Å². The molecule has 2 N–H and O–H groups in total. The Balaban J connectivity index is 2.52. The van der Waals surface area contributed by atoms with Crippen molar-refractivity contribution in [2.45, 2.75) is 32.6 Å². The molecule has 0 fully saturated rings. The van der Waals surface area contributed by atoms with Crippen molar-refractivity contribution in [3.63, 3.8) is 0 Å². The summed E-state index contributed by atoms with van der Waals surface area (Å²) in [7, 11) is 0. The lowest BCUT2D eigenvalue weighted by Gasteiger charge is -2.11. The lowest BCUT2D eigenvalue weighted by molar-refractivity contribution is -0.137. The zero-order valence-corrected chi connectivity index (χ0v) is 10.8. The number of carbonyl (C=O) groups excluding carboxylic acids is 1. The van der Waals surface area contributed by atoms with Gasteiger partial charge in [0.25, 0.3) is 0 Å². The smallest absolute Gasteiger partial charge is 0.351 e. The predicted octanol–water partition coefficient (Wildman–Crippen LogP) is 2.32. The Morgan fingerprint density at radius 3 is 2.58 bits per heavy atom. The normalized spacial score (nSPS) is 11.7. The van der Waals surface area contributed by atoms with E-state index < -0.39 is 11.7 Å². The van der Waals surface area contributed by atoms with Crippen LogP contribution >= 0.6 is 0 Å². The summed E-state index contributed by atoms with van der Waals surface area (Å²) in [5, 5.41) is 5.49. The molecule has 1 aromatic rings. The first-order valence-electron chi connectivity index (χ1n) is 5.95. The highest BCUT2D eigenvalue weighted by Gasteiger charge is 2.30. The number of carbonyl (C=O) groups is 1. The molecule has 106 valence electrons. The van der Waals surface area contributed by atoms with Crippen molar-refractivity contribution < 1.29 is 18.0 Å². The summed E-state index contributed by atoms with van der Waals surface area (Å²) in [6, 6.07) is 5.10. The van der Waals surface area contributed by atoms with Crippen LogP contribution in [0.2, 0.25) is 0 Å². The Morgan fingerprint density at radius 2 is 2.00 bits per heavy atom. The van der Waals surface area contributed by atoms with Gasteiger partial charge in [0.05, 0.1) is 12.1 Å². The number of alkyl halides is 3. The van der Waals surface area contributed by atoms with Crippen LogP contribution in [0.1, 0.15) is 25.0 Å². The molecule has 1 rings (SSSR count). The maximum absolute atomic E-state index is 12.5. The molecule has 6 heteroatoms. The fourth-order valence-electron chi connectivity index (χ4n) is 1.42. The molecule has 3 nitrogen and oxygen atoms in total. The number of hydrogen-bond donors (Lipinski definition) is 2. The van der Waals surface area contributed by atoms with Crippen molar-refractivity contribution in [2.75, 3.05) is 6.54 Å². The van der Waals surface area contributed by atoms with Crippen LogP contribution in [0.15, 0.2) is 24.3 Å². The van der Waals surface area contributed by atoms with Crippen LogP contribution in [-0.2, 0) is 17.5 Å². The molecule has 0 spiro atoms. The van der Waals surface area contributed by atoms with Gasteiger partial charge in [-0.15, -0.1) is 0 Å². The van der Waals surface area contributed by atoms with Gasteiger partial charge in [0, 0.05) is 12.6 Å². The minimum atomic E-state index is -4.36. The molecule has 0 aromatic heterocycles. The van der Waals surface area contributed by atoms with Gasteiger partial charge in [-0.05, 0) is 17.7 Å². The lowest BCUT2D eigenvalue weighted by Crippen LogP contribution is -2.36. The minimum absolute atomic E-state index is 0.0858. The van der Waals surface area contributed by atoms with Crippen LogP contribution < -0.4 is 10.6 Å². The van der Waals surface area contributed by atoms with Crippen LogP contribution in [-0.4, -0.2) is 18.5 Å². The van der Waals surface area contributed by atoms with Gasteiger partial charge in [0.15, 0.2) is 0 Å². The molecule has 0 bridgehead atoms. The summed E-state index contributed by atoms with van der Waals surface area (Å²) in [6.45, 7) is 4.04. The second-order valence-electron chi connectivity index (χ2n) is 4.51. The number of benzene rings is 1. The molecule has 0 radical (unpaired) electrons. The Morgan fingerprint density at radius 1 is 1.32 bits per heavy atom. The fourth-order valence-corrected chi connectivity index (χ4v) is 1.42. The maximum atomic E-state index is 12.5. The van der Waals surface area contributed by atoms with Crippen molar-refractivity contribution >= 4 is 5.91 Å². The van der Waals surface area contributed by atoms with Crippen LogP contribution in [0.4, 0.5) is 13.2 Å². The van der Waals surface area contributed by atoms with Crippen molar-refractivity contribution in [2.24, 2.45) is 0 Å². The maximum Gasteiger partial charge on any atom is 0.416 e. The summed E-state index contributed by atoms with van der Waals surface area (Å²) in [5.41, 5.74) is -0.285. The highest BCUT2D eigenvalue weighted by Crippen LogP contribution is 2.29. The quantitative estimate of drug-likeness (QED) is 0.865. The van der Waals surface area contributed by atoms with Gasteiger partial charge < -0.3 is 10.6 Å². The molecule has 0 heterocycles. The van der Waals surface area contributed by atoms with E-state index in [0.29, 0.717) is 5.56 Å². The summed E-state index contributed by atoms with van der Waals surface area (Å²) in [6.07, 6.45) is -4.36. The average molecular weight is 274 g/mol. The Kier molecular flexibility index (Phi) is 5.35. The van der Waals surface area contributed by atoms with Crippen molar-refractivity contribution in [3.05, 3.63) is 35.4 Å². The largest absolute Gasteiger partial charge is 0.416 e. The van der Waals surface area contributed by atoms with E-state index in [1.165, 1.54) is 6.07 Å². The van der Waals surface area contributed by atoms with Gasteiger partial charge in [0.2, 0.25) is 5.91 Å². The van der Waals surface area contributed by atoms with E-state index in [0.717, 1.165) is 12.1 Å². The molecule has 0 unspecified atom stereocenters. The third-order valence-corrected chi connectivity index (χ3v) is 2.41. The zero-order chi connectivity index (χ0) is 14.5. The van der Waals surface area contributed by atoms with Crippen LogP contribution in [0.25, 0.3) is 0 Å². The first kappa shape index (κ1) is 15.5. The van der Waals surface area contributed by atoms with Gasteiger partial charge in [-0.2, -0.15) is 13.2 Å². The van der Waals surface area contributed by atoms with Gasteiger partial charge in [0.1, 0.15) is 0 Å². The molecule has 0 saturated carbocycles. The summed E-state index contributed by atoms with van der Waals surface area (Å²) in [5.74, 6) is -0.244. The Labute approximate surface area is 110 Å².